The van der Waals surface area contributed by atoms with Crippen LogP contribution < -0.4 is 10.2 Å². The highest BCUT2D eigenvalue weighted by atomic mass is 15.3. The van der Waals surface area contributed by atoms with Gasteiger partial charge in [-0.15, -0.1) is 0 Å². The first-order valence-corrected chi connectivity index (χ1v) is 6.15. The molecule has 1 aromatic rings. The third-order valence-corrected chi connectivity index (χ3v) is 3.93. The zero-order valence-electron chi connectivity index (χ0n) is 9.93. The lowest BCUT2D eigenvalue weighted by molar-refractivity contribution is 0.454. The van der Waals surface area contributed by atoms with Gasteiger partial charge < -0.3 is 10.2 Å². The van der Waals surface area contributed by atoms with E-state index in [4.69, 9.17) is 5.26 Å². The molecule has 0 aliphatic carbocycles. The fraction of sp³-hybridized carbons (Fsp3) is 0.538. The Morgan fingerprint density at radius 3 is 3.00 bits per heavy atom. The van der Waals surface area contributed by atoms with Gasteiger partial charge in [0.05, 0.1) is 5.56 Å². The minimum atomic E-state index is 0.550. The molecule has 2 unspecified atom stereocenters. The number of nitriles is 1. The van der Waals surface area contributed by atoms with E-state index in [2.05, 4.69) is 28.2 Å². The molecular formula is C13H16N4. The quantitative estimate of drug-likeness (QED) is 0.783. The number of hydrogen-bond acceptors (Lipinski definition) is 4. The van der Waals surface area contributed by atoms with E-state index in [1.165, 1.54) is 6.42 Å². The summed E-state index contributed by atoms with van der Waals surface area (Å²) in [5.74, 6) is 1.73. The summed E-state index contributed by atoms with van der Waals surface area (Å²) in [5, 5.41) is 12.3. The van der Waals surface area contributed by atoms with Crippen molar-refractivity contribution >= 4 is 5.82 Å². The van der Waals surface area contributed by atoms with Crippen LogP contribution in [0.25, 0.3) is 0 Å². The summed E-state index contributed by atoms with van der Waals surface area (Å²) in [6.45, 7) is 4.40. The summed E-state index contributed by atoms with van der Waals surface area (Å²) in [6, 6.07) is 7.05. The number of fused-ring (bicyclic) bond motifs is 2. The number of nitrogens with one attached hydrogen (secondary N) is 1. The van der Waals surface area contributed by atoms with E-state index in [0.717, 1.165) is 18.9 Å². The van der Waals surface area contributed by atoms with E-state index < -0.39 is 0 Å². The average Bonchev–Trinajstić information content (AvgIpc) is 2.55. The number of nitrogens with zero attached hydrogens (tertiary/aromatic N) is 3. The van der Waals surface area contributed by atoms with E-state index >= 15 is 0 Å². The van der Waals surface area contributed by atoms with Crippen LogP contribution in [0.1, 0.15) is 18.9 Å². The summed E-state index contributed by atoms with van der Waals surface area (Å²) in [4.78, 5) is 6.86. The SMILES string of the molecule is C[C@H]1CC2CNCC1N2c1ccc(C#N)cn1. The number of aromatic nitrogens is 1. The highest BCUT2D eigenvalue weighted by Crippen LogP contribution is 2.34. The normalized spacial score (nSPS) is 31.3. The molecule has 1 aromatic heterocycles. The van der Waals surface area contributed by atoms with Crippen molar-refractivity contribution in [2.45, 2.75) is 25.4 Å². The predicted octanol–water partition coefficient (Wildman–Crippen LogP) is 1.14. The van der Waals surface area contributed by atoms with Crippen LogP contribution in [-0.2, 0) is 0 Å². The van der Waals surface area contributed by atoms with Crippen LogP contribution in [0.3, 0.4) is 0 Å². The first kappa shape index (κ1) is 10.5. The van der Waals surface area contributed by atoms with Gasteiger partial charge in [-0.25, -0.2) is 4.98 Å². The van der Waals surface area contributed by atoms with Gasteiger partial charge in [-0.1, -0.05) is 6.92 Å². The molecular weight excluding hydrogens is 212 g/mol. The molecule has 4 nitrogen and oxygen atoms in total. The summed E-state index contributed by atoms with van der Waals surface area (Å²) >= 11 is 0. The van der Waals surface area contributed by atoms with Gasteiger partial charge in [0, 0.05) is 31.4 Å². The molecule has 3 atom stereocenters. The number of hydrogen-bond donors (Lipinski definition) is 1. The van der Waals surface area contributed by atoms with Crippen LogP contribution in [-0.4, -0.2) is 30.2 Å². The number of pyridine rings is 1. The third kappa shape index (κ3) is 1.67. The van der Waals surface area contributed by atoms with E-state index in [-0.39, 0.29) is 0 Å². The first-order chi connectivity index (χ1) is 8.29. The standard InChI is InChI=1S/C13H16N4/c1-9-4-11-7-15-8-12(9)17(11)13-3-2-10(5-14)6-16-13/h2-3,6,9,11-12,15H,4,7-8H2,1H3/t9-,11?,12?/m0/s1. The molecule has 2 saturated heterocycles. The minimum Gasteiger partial charge on any atom is -0.348 e. The van der Waals surface area contributed by atoms with Crippen LogP contribution in [0, 0.1) is 17.2 Å². The highest BCUT2D eigenvalue weighted by molar-refractivity contribution is 5.46. The van der Waals surface area contributed by atoms with Crippen LogP contribution in [0.5, 0.6) is 0 Å². The lowest BCUT2D eigenvalue weighted by Crippen LogP contribution is -2.53. The summed E-state index contributed by atoms with van der Waals surface area (Å²) in [6.07, 6.45) is 2.90. The molecule has 0 saturated carbocycles. The van der Waals surface area contributed by atoms with Gasteiger partial charge in [0.1, 0.15) is 11.9 Å². The Labute approximate surface area is 101 Å². The molecule has 88 valence electrons. The molecule has 2 fully saturated rings. The largest absolute Gasteiger partial charge is 0.348 e. The Bertz CT molecular complexity index is 447. The first-order valence-electron chi connectivity index (χ1n) is 6.15. The Morgan fingerprint density at radius 1 is 1.47 bits per heavy atom. The summed E-state index contributed by atoms with van der Waals surface area (Å²) < 4.78 is 0. The Balaban J connectivity index is 1.91. The van der Waals surface area contributed by atoms with Gasteiger partial charge in [-0.05, 0) is 24.5 Å². The molecule has 2 aliphatic heterocycles. The van der Waals surface area contributed by atoms with Crippen LogP contribution in [0.15, 0.2) is 18.3 Å². The summed E-state index contributed by atoms with van der Waals surface area (Å²) in [7, 11) is 0. The smallest absolute Gasteiger partial charge is 0.129 e. The molecule has 4 heteroatoms. The molecule has 1 N–H and O–H groups in total. The van der Waals surface area contributed by atoms with E-state index in [1.807, 2.05) is 12.1 Å². The highest BCUT2D eigenvalue weighted by Gasteiger charge is 2.41. The molecule has 0 amide bonds. The van der Waals surface area contributed by atoms with E-state index in [9.17, 15) is 0 Å². The van der Waals surface area contributed by atoms with Crippen molar-refractivity contribution < 1.29 is 0 Å². The molecule has 0 spiro atoms. The van der Waals surface area contributed by atoms with Crippen molar-refractivity contribution in [1.82, 2.24) is 10.3 Å². The molecule has 17 heavy (non-hydrogen) atoms. The van der Waals surface area contributed by atoms with Gasteiger partial charge in [-0.3, -0.25) is 0 Å². The van der Waals surface area contributed by atoms with Gasteiger partial charge >= 0.3 is 0 Å². The second-order valence-corrected chi connectivity index (χ2v) is 5.02. The second kappa shape index (κ2) is 4.01. The van der Waals surface area contributed by atoms with Gasteiger partial charge in [0.25, 0.3) is 0 Å². The van der Waals surface area contributed by atoms with Crippen molar-refractivity contribution in [1.29, 1.82) is 5.26 Å². The zero-order valence-corrected chi connectivity index (χ0v) is 9.93. The maximum Gasteiger partial charge on any atom is 0.129 e. The zero-order chi connectivity index (χ0) is 11.8. The van der Waals surface area contributed by atoms with Gasteiger partial charge in [0.2, 0.25) is 0 Å². The third-order valence-electron chi connectivity index (χ3n) is 3.93. The maximum atomic E-state index is 8.78. The molecule has 2 aliphatic rings. The topological polar surface area (TPSA) is 52.0 Å². The number of piperazine rings is 1. The average molecular weight is 228 g/mol. The van der Waals surface area contributed by atoms with Gasteiger partial charge in [0.15, 0.2) is 0 Å². The molecule has 3 rings (SSSR count). The second-order valence-electron chi connectivity index (χ2n) is 5.02. The molecule has 3 heterocycles. The summed E-state index contributed by atoms with van der Waals surface area (Å²) in [5.41, 5.74) is 0.629. The van der Waals surface area contributed by atoms with E-state index in [1.54, 1.807) is 6.20 Å². The van der Waals surface area contributed by atoms with Gasteiger partial charge in [-0.2, -0.15) is 5.26 Å². The fourth-order valence-electron chi connectivity index (χ4n) is 3.09. The van der Waals surface area contributed by atoms with Crippen molar-refractivity contribution in [2.75, 3.05) is 18.0 Å². The number of rotatable bonds is 1. The minimum absolute atomic E-state index is 0.550. The van der Waals surface area contributed by atoms with Crippen LogP contribution >= 0.6 is 0 Å². The van der Waals surface area contributed by atoms with Crippen molar-refractivity contribution in [2.24, 2.45) is 5.92 Å². The van der Waals surface area contributed by atoms with Crippen LogP contribution in [0.4, 0.5) is 5.82 Å². The molecule has 2 bridgehead atoms. The monoisotopic (exact) mass is 228 g/mol. The van der Waals surface area contributed by atoms with E-state index in [0.29, 0.717) is 23.6 Å². The Kier molecular flexibility index (Phi) is 2.49. The number of anilines is 1. The predicted molar refractivity (Wildman–Crippen MR) is 65.7 cm³/mol. The lowest BCUT2D eigenvalue weighted by atomic mass is 10.0. The Hall–Kier alpha value is -1.60. The Morgan fingerprint density at radius 2 is 2.35 bits per heavy atom. The fourth-order valence-corrected chi connectivity index (χ4v) is 3.09. The van der Waals surface area contributed by atoms with Crippen LogP contribution in [0.2, 0.25) is 0 Å². The molecule has 0 aromatic carbocycles. The molecule has 0 radical (unpaired) electrons. The van der Waals surface area contributed by atoms with Crippen molar-refractivity contribution in [3.63, 3.8) is 0 Å². The maximum absolute atomic E-state index is 8.78. The lowest BCUT2D eigenvalue weighted by Gasteiger charge is -2.37. The van der Waals surface area contributed by atoms with Crippen molar-refractivity contribution in [3.8, 4) is 6.07 Å². The van der Waals surface area contributed by atoms with Crippen molar-refractivity contribution in [3.05, 3.63) is 23.9 Å².